The van der Waals surface area contributed by atoms with Crippen LogP contribution in [0, 0.1) is 17.2 Å². The molecule has 4 unspecified atom stereocenters. The number of carbonyl (C=O) groups is 3. The zero-order chi connectivity index (χ0) is 26.6. The molecular weight excluding hydrogens is 476 g/mol. The molecule has 0 radical (unpaired) electrons. The van der Waals surface area contributed by atoms with Gasteiger partial charge in [0.1, 0.15) is 6.04 Å². The summed E-state index contributed by atoms with van der Waals surface area (Å²) in [6, 6.07) is 26.2. The standard InChI is InChI=1S/C31H30N4O3/c1-21(36)35-28(24-14-12-22(20-32)13-15-24)27(30(37)25-10-6-3-7-11-25)26(23-8-4-2-5-9-23)29(35)31(38)34-18-16-33-17-19-34/h2-15,26-29,33H,16-19H2,1H3. The van der Waals surface area contributed by atoms with Crippen LogP contribution in [-0.2, 0) is 9.59 Å². The van der Waals surface area contributed by atoms with Crippen molar-refractivity contribution >= 4 is 17.6 Å². The molecule has 4 atom stereocenters. The molecule has 7 heteroatoms. The van der Waals surface area contributed by atoms with E-state index in [2.05, 4.69) is 11.4 Å². The number of rotatable bonds is 5. The lowest BCUT2D eigenvalue weighted by atomic mass is 9.76. The Morgan fingerprint density at radius 3 is 2.03 bits per heavy atom. The molecule has 3 aromatic carbocycles. The van der Waals surface area contributed by atoms with Crippen molar-refractivity contribution in [3.05, 3.63) is 107 Å². The van der Waals surface area contributed by atoms with Gasteiger partial charge in [-0.1, -0.05) is 72.8 Å². The fraction of sp³-hybridized carbons (Fsp3) is 0.290. The van der Waals surface area contributed by atoms with Gasteiger partial charge < -0.3 is 15.1 Å². The van der Waals surface area contributed by atoms with E-state index in [4.69, 9.17) is 0 Å². The van der Waals surface area contributed by atoms with Gasteiger partial charge in [0.25, 0.3) is 0 Å². The average Bonchev–Trinajstić information content (AvgIpc) is 3.34. The number of nitrogens with zero attached hydrogens (tertiary/aromatic N) is 3. The van der Waals surface area contributed by atoms with Crippen LogP contribution in [0.1, 0.15) is 45.9 Å². The van der Waals surface area contributed by atoms with Crippen LogP contribution in [-0.4, -0.2) is 59.6 Å². The highest BCUT2D eigenvalue weighted by Gasteiger charge is 2.57. The number of Topliss-reactive ketones (excluding diaryl/α,β-unsaturated/α-hetero) is 1. The highest BCUT2D eigenvalue weighted by molar-refractivity contribution is 6.01. The predicted octanol–water partition coefficient (Wildman–Crippen LogP) is 3.54. The summed E-state index contributed by atoms with van der Waals surface area (Å²) in [6.45, 7) is 3.91. The largest absolute Gasteiger partial charge is 0.338 e. The van der Waals surface area contributed by atoms with E-state index in [1.165, 1.54) is 6.92 Å². The molecule has 0 aliphatic carbocycles. The van der Waals surface area contributed by atoms with E-state index in [-0.39, 0.29) is 17.6 Å². The van der Waals surface area contributed by atoms with Gasteiger partial charge in [-0.25, -0.2) is 0 Å². The molecule has 2 aliphatic heterocycles. The van der Waals surface area contributed by atoms with E-state index in [1.807, 2.05) is 48.5 Å². The van der Waals surface area contributed by atoms with Crippen molar-refractivity contribution in [1.29, 1.82) is 5.26 Å². The number of nitriles is 1. The second kappa shape index (κ2) is 11.0. The van der Waals surface area contributed by atoms with Crippen LogP contribution in [0.2, 0.25) is 0 Å². The van der Waals surface area contributed by atoms with Crippen molar-refractivity contribution < 1.29 is 14.4 Å². The molecule has 0 spiro atoms. The van der Waals surface area contributed by atoms with E-state index < -0.39 is 23.9 Å². The first kappa shape index (κ1) is 25.4. The number of amides is 2. The molecular formula is C31H30N4O3. The van der Waals surface area contributed by atoms with Crippen LogP contribution < -0.4 is 5.32 Å². The molecule has 0 aromatic heterocycles. The topological polar surface area (TPSA) is 93.5 Å². The fourth-order valence-electron chi connectivity index (χ4n) is 5.94. The van der Waals surface area contributed by atoms with Crippen LogP contribution in [0.15, 0.2) is 84.9 Å². The fourth-order valence-corrected chi connectivity index (χ4v) is 5.94. The maximum atomic E-state index is 14.3. The maximum Gasteiger partial charge on any atom is 0.246 e. The van der Waals surface area contributed by atoms with Crippen molar-refractivity contribution in [3.8, 4) is 6.07 Å². The zero-order valence-electron chi connectivity index (χ0n) is 21.3. The molecule has 1 N–H and O–H groups in total. The molecule has 2 heterocycles. The van der Waals surface area contributed by atoms with Gasteiger partial charge in [-0.3, -0.25) is 14.4 Å². The molecule has 2 aliphatic rings. The lowest BCUT2D eigenvalue weighted by molar-refractivity contribution is -0.145. The first-order valence-electron chi connectivity index (χ1n) is 12.9. The van der Waals surface area contributed by atoms with Gasteiger partial charge in [0.05, 0.1) is 23.6 Å². The Kier molecular flexibility index (Phi) is 7.34. The van der Waals surface area contributed by atoms with Crippen molar-refractivity contribution in [2.75, 3.05) is 26.2 Å². The van der Waals surface area contributed by atoms with Gasteiger partial charge in [-0.05, 0) is 23.3 Å². The first-order valence-corrected chi connectivity index (χ1v) is 12.9. The van der Waals surface area contributed by atoms with Crippen LogP contribution in [0.25, 0.3) is 0 Å². The maximum absolute atomic E-state index is 14.3. The van der Waals surface area contributed by atoms with Crippen molar-refractivity contribution in [2.24, 2.45) is 5.92 Å². The van der Waals surface area contributed by atoms with Crippen molar-refractivity contribution in [2.45, 2.75) is 24.9 Å². The molecule has 192 valence electrons. The molecule has 2 saturated heterocycles. The van der Waals surface area contributed by atoms with Crippen molar-refractivity contribution in [3.63, 3.8) is 0 Å². The summed E-state index contributed by atoms with van der Waals surface area (Å²) in [6.07, 6.45) is 0. The molecule has 5 rings (SSSR count). The van der Waals surface area contributed by atoms with Crippen LogP contribution in [0.3, 0.4) is 0 Å². The summed E-state index contributed by atoms with van der Waals surface area (Å²) in [5, 5.41) is 12.6. The van der Waals surface area contributed by atoms with Crippen molar-refractivity contribution in [1.82, 2.24) is 15.1 Å². The third-order valence-electron chi connectivity index (χ3n) is 7.64. The monoisotopic (exact) mass is 506 g/mol. The van der Waals surface area contributed by atoms with E-state index in [0.717, 1.165) is 11.1 Å². The van der Waals surface area contributed by atoms with Crippen LogP contribution >= 0.6 is 0 Å². The smallest absolute Gasteiger partial charge is 0.246 e. The molecule has 38 heavy (non-hydrogen) atoms. The number of carbonyl (C=O) groups excluding carboxylic acids is 3. The Hall–Kier alpha value is -4.28. The molecule has 7 nitrogen and oxygen atoms in total. The van der Waals surface area contributed by atoms with E-state index in [9.17, 15) is 19.6 Å². The van der Waals surface area contributed by atoms with Gasteiger partial charge in [-0.2, -0.15) is 5.26 Å². The van der Waals surface area contributed by atoms with Crippen LogP contribution in [0.4, 0.5) is 0 Å². The molecule has 0 bridgehead atoms. The Labute approximate surface area is 222 Å². The minimum atomic E-state index is -0.841. The van der Waals surface area contributed by atoms with Gasteiger partial charge in [0.15, 0.2) is 5.78 Å². The lowest BCUT2D eigenvalue weighted by Crippen LogP contribution is -2.54. The molecule has 3 aromatic rings. The summed E-state index contributed by atoms with van der Waals surface area (Å²) in [5.74, 6) is -1.77. The van der Waals surface area contributed by atoms with Gasteiger partial charge in [-0.15, -0.1) is 0 Å². The second-order valence-corrected chi connectivity index (χ2v) is 9.82. The highest BCUT2D eigenvalue weighted by atomic mass is 16.2. The number of ketones is 1. The zero-order valence-corrected chi connectivity index (χ0v) is 21.3. The first-order chi connectivity index (χ1) is 18.5. The number of benzene rings is 3. The highest BCUT2D eigenvalue weighted by Crippen LogP contribution is 2.51. The van der Waals surface area contributed by atoms with Gasteiger partial charge in [0, 0.05) is 44.6 Å². The minimum absolute atomic E-state index is 0.115. The molecule has 2 amide bonds. The summed E-state index contributed by atoms with van der Waals surface area (Å²) >= 11 is 0. The lowest BCUT2D eigenvalue weighted by Gasteiger charge is -2.36. The van der Waals surface area contributed by atoms with Gasteiger partial charge in [0.2, 0.25) is 11.8 Å². The summed E-state index contributed by atoms with van der Waals surface area (Å²) in [4.78, 5) is 45.4. The second-order valence-electron chi connectivity index (χ2n) is 9.82. The third-order valence-corrected chi connectivity index (χ3v) is 7.64. The summed E-state index contributed by atoms with van der Waals surface area (Å²) in [5.41, 5.74) is 2.60. The Balaban J connectivity index is 1.72. The SMILES string of the molecule is CC(=O)N1C(C(=O)N2CCNCC2)C(c2ccccc2)C(C(=O)c2ccccc2)C1c1ccc(C#N)cc1. The third kappa shape index (κ3) is 4.71. The van der Waals surface area contributed by atoms with E-state index in [1.54, 1.807) is 46.2 Å². The Morgan fingerprint density at radius 2 is 1.45 bits per heavy atom. The number of piperazine rings is 1. The van der Waals surface area contributed by atoms with E-state index >= 15 is 0 Å². The summed E-state index contributed by atoms with van der Waals surface area (Å²) < 4.78 is 0. The number of likely N-dealkylation sites (tertiary alicyclic amines) is 1. The number of nitrogens with one attached hydrogen (secondary N) is 1. The van der Waals surface area contributed by atoms with E-state index in [0.29, 0.717) is 37.3 Å². The Morgan fingerprint density at radius 1 is 0.842 bits per heavy atom. The minimum Gasteiger partial charge on any atom is -0.338 e. The average molecular weight is 507 g/mol. The predicted molar refractivity (Wildman–Crippen MR) is 143 cm³/mol. The number of hydrogen-bond donors (Lipinski definition) is 1. The molecule has 2 fully saturated rings. The quantitative estimate of drug-likeness (QED) is 0.535. The summed E-state index contributed by atoms with van der Waals surface area (Å²) in [7, 11) is 0. The number of hydrogen-bond acceptors (Lipinski definition) is 5. The van der Waals surface area contributed by atoms with Crippen LogP contribution in [0.5, 0.6) is 0 Å². The normalized spacial score (nSPS) is 23.1. The molecule has 0 saturated carbocycles. The van der Waals surface area contributed by atoms with Gasteiger partial charge >= 0.3 is 0 Å². The Bertz CT molecular complexity index is 1350.